The van der Waals surface area contributed by atoms with Crippen LogP contribution in [0.4, 0.5) is 0 Å². The predicted octanol–water partition coefficient (Wildman–Crippen LogP) is 1.93. The third kappa shape index (κ3) is 7.47. The fourth-order valence-electron chi connectivity index (χ4n) is 2.88. The van der Waals surface area contributed by atoms with Crippen molar-refractivity contribution >= 4 is 29.9 Å². The number of ether oxygens (including phenoxy) is 2. The SMILES string of the molecule is COCC(C)NC(N)=NCC(c1ccc(C)cc1)N1CCOCC1.I. The number of halogens is 1. The summed E-state index contributed by atoms with van der Waals surface area (Å²) >= 11 is 0. The van der Waals surface area contributed by atoms with Gasteiger partial charge in [-0.15, -0.1) is 24.0 Å². The molecule has 1 aromatic carbocycles. The quantitative estimate of drug-likeness (QED) is 0.368. The third-order valence-corrected chi connectivity index (χ3v) is 4.19. The first-order chi connectivity index (χ1) is 11.6. The second-order valence-electron chi connectivity index (χ2n) is 6.30. The van der Waals surface area contributed by atoms with Crippen molar-refractivity contribution in [3.63, 3.8) is 0 Å². The smallest absolute Gasteiger partial charge is 0.188 e. The van der Waals surface area contributed by atoms with Gasteiger partial charge in [0, 0.05) is 26.2 Å². The number of rotatable bonds is 7. The molecule has 1 heterocycles. The number of nitrogens with zero attached hydrogens (tertiary/aromatic N) is 2. The highest BCUT2D eigenvalue weighted by Crippen LogP contribution is 2.22. The molecule has 2 rings (SSSR count). The molecular formula is C18H31IN4O2. The van der Waals surface area contributed by atoms with Crippen LogP contribution in [0.2, 0.25) is 0 Å². The number of nitrogens with two attached hydrogens (primary N) is 1. The van der Waals surface area contributed by atoms with Crippen LogP contribution in [0.1, 0.15) is 24.1 Å². The maximum Gasteiger partial charge on any atom is 0.188 e. The van der Waals surface area contributed by atoms with Crippen molar-refractivity contribution < 1.29 is 9.47 Å². The molecule has 1 aromatic rings. The summed E-state index contributed by atoms with van der Waals surface area (Å²) in [6.45, 7) is 8.72. The average molecular weight is 462 g/mol. The van der Waals surface area contributed by atoms with Crippen LogP contribution in [-0.4, -0.2) is 63.5 Å². The molecule has 0 spiro atoms. The molecule has 0 saturated carbocycles. The topological polar surface area (TPSA) is 72.1 Å². The van der Waals surface area contributed by atoms with Crippen LogP contribution in [-0.2, 0) is 9.47 Å². The molecule has 0 aromatic heterocycles. The Morgan fingerprint density at radius 2 is 1.96 bits per heavy atom. The summed E-state index contributed by atoms with van der Waals surface area (Å²) < 4.78 is 10.6. The fraction of sp³-hybridized carbons (Fsp3) is 0.611. The van der Waals surface area contributed by atoms with Crippen LogP contribution in [0.25, 0.3) is 0 Å². The van der Waals surface area contributed by atoms with Gasteiger partial charge in [0.15, 0.2) is 5.96 Å². The molecule has 1 aliphatic heterocycles. The van der Waals surface area contributed by atoms with Gasteiger partial charge in [0.1, 0.15) is 0 Å². The maximum atomic E-state index is 6.03. The van der Waals surface area contributed by atoms with Gasteiger partial charge in [0.25, 0.3) is 0 Å². The Labute approximate surface area is 168 Å². The number of guanidine groups is 1. The monoisotopic (exact) mass is 462 g/mol. The Bertz CT molecular complexity index is 518. The van der Waals surface area contributed by atoms with Crippen LogP contribution in [0.5, 0.6) is 0 Å². The number of hydrogen-bond donors (Lipinski definition) is 2. The first kappa shape index (κ1) is 22.1. The van der Waals surface area contributed by atoms with E-state index < -0.39 is 0 Å². The number of morpholine rings is 1. The van der Waals surface area contributed by atoms with E-state index in [-0.39, 0.29) is 36.1 Å². The van der Waals surface area contributed by atoms with Crippen LogP contribution < -0.4 is 11.1 Å². The highest BCUT2D eigenvalue weighted by molar-refractivity contribution is 14.0. The van der Waals surface area contributed by atoms with Crippen LogP contribution >= 0.6 is 24.0 Å². The van der Waals surface area contributed by atoms with Gasteiger partial charge in [-0.2, -0.15) is 0 Å². The Hall–Kier alpha value is -0.900. The maximum absolute atomic E-state index is 6.03. The lowest BCUT2D eigenvalue weighted by Gasteiger charge is -2.34. The fourth-order valence-corrected chi connectivity index (χ4v) is 2.88. The zero-order valence-electron chi connectivity index (χ0n) is 15.4. The molecule has 1 saturated heterocycles. The molecule has 0 radical (unpaired) electrons. The second kappa shape index (κ2) is 11.7. The molecule has 6 nitrogen and oxygen atoms in total. The summed E-state index contributed by atoms with van der Waals surface area (Å²) in [5.74, 6) is 0.463. The number of hydrogen-bond acceptors (Lipinski definition) is 4. The third-order valence-electron chi connectivity index (χ3n) is 4.19. The summed E-state index contributed by atoms with van der Waals surface area (Å²) in [7, 11) is 1.68. The molecule has 1 fully saturated rings. The molecule has 2 unspecified atom stereocenters. The minimum Gasteiger partial charge on any atom is -0.383 e. The molecule has 2 atom stereocenters. The largest absolute Gasteiger partial charge is 0.383 e. The number of nitrogens with one attached hydrogen (secondary N) is 1. The Morgan fingerprint density at radius 3 is 2.56 bits per heavy atom. The van der Waals surface area contributed by atoms with E-state index in [2.05, 4.69) is 46.4 Å². The lowest BCUT2D eigenvalue weighted by Crippen LogP contribution is -2.43. The van der Waals surface area contributed by atoms with Gasteiger partial charge < -0.3 is 20.5 Å². The molecule has 3 N–H and O–H groups in total. The summed E-state index contributed by atoms with van der Waals surface area (Å²) in [6.07, 6.45) is 0. The Kier molecular flexibility index (Phi) is 10.3. The van der Waals surface area contributed by atoms with Gasteiger partial charge in [-0.25, -0.2) is 0 Å². The first-order valence-corrected chi connectivity index (χ1v) is 8.54. The molecule has 142 valence electrons. The number of methoxy groups -OCH3 is 1. The Morgan fingerprint density at radius 1 is 1.32 bits per heavy atom. The molecule has 0 bridgehead atoms. The van der Waals surface area contributed by atoms with E-state index in [0.717, 1.165) is 26.3 Å². The van der Waals surface area contributed by atoms with Gasteiger partial charge in [-0.1, -0.05) is 29.8 Å². The first-order valence-electron chi connectivity index (χ1n) is 8.54. The normalized spacial score (nSPS) is 18.3. The minimum absolute atomic E-state index is 0. The summed E-state index contributed by atoms with van der Waals surface area (Å²) in [5, 5.41) is 3.16. The van der Waals surface area contributed by atoms with E-state index in [1.54, 1.807) is 7.11 Å². The van der Waals surface area contributed by atoms with Crippen molar-refractivity contribution in [2.24, 2.45) is 10.7 Å². The lowest BCUT2D eigenvalue weighted by atomic mass is 10.0. The van der Waals surface area contributed by atoms with Crippen LogP contribution in [0, 0.1) is 6.92 Å². The molecule has 7 heteroatoms. The lowest BCUT2D eigenvalue weighted by molar-refractivity contribution is 0.0180. The zero-order valence-corrected chi connectivity index (χ0v) is 17.7. The van der Waals surface area contributed by atoms with Crippen molar-refractivity contribution in [3.8, 4) is 0 Å². The van der Waals surface area contributed by atoms with Crippen molar-refractivity contribution in [2.75, 3.05) is 46.6 Å². The molecule has 0 amide bonds. The van der Waals surface area contributed by atoms with Gasteiger partial charge in [0.05, 0.1) is 32.4 Å². The van der Waals surface area contributed by atoms with E-state index in [1.165, 1.54) is 11.1 Å². The minimum atomic E-state index is 0. The Balaban J connectivity index is 0.00000312. The van der Waals surface area contributed by atoms with Gasteiger partial charge in [0.2, 0.25) is 0 Å². The number of aliphatic imine (C=N–C) groups is 1. The second-order valence-corrected chi connectivity index (χ2v) is 6.30. The molecule has 0 aliphatic carbocycles. The zero-order chi connectivity index (χ0) is 17.4. The van der Waals surface area contributed by atoms with E-state index in [0.29, 0.717) is 19.1 Å². The highest BCUT2D eigenvalue weighted by Gasteiger charge is 2.22. The molecular weight excluding hydrogens is 431 g/mol. The van der Waals surface area contributed by atoms with Gasteiger partial charge in [-0.05, 0) is 19.4 Å². The number of aryl methyl sites for hydroxylation is 1. The van der Waals surface area contributed by atoms with E-state index in [1.807, 2.05) is 6.92 Å². The van der Waals surface area contributed by atoms with E-state index >= 15 is 0 Å². The van der Waals surface area contributed by atoms with E-state index in [9.17, 15) is 0 Å². The predicted molar refractivity (Wildman–Crippen MR) is 113 cm³/mol. The number of benzene rings is 1. The molecule has 25 heavy (non-hydrogen) atoms. The van der Waals surface area contributed by atoms with Crippen molar-refractivity contribution in [1.82, 2.24) is 10.2 Å². The standard InChI is InChI=1S/C18H30N4O2.HI/c1-14-4-6-16(7-5-14)17(22-8-10-24-11-9-22)12-20-18(19)21-15(2)13-23-3;/h4-7,15,17H,8-13H2,1-3H3,(H3,19,20,21);1H. The summed E-state index contributed by atoms with van der Waals surface area (Å²) in [5.41, 5.74) is 8.55. The van der Waals surface area contributed by atoms with Gasteiger partial charge >= 0.3 is 0 Å². The summed E-state index contributed by atoms with van der Waals surface area (Å²) in [4.78, 5) is 6.99. The highest BCUT2D eigenvalue weighted by atomic mass is 127. The van der Waals surface area contributed by atoms with Crippen LogP contribution in [0.15, 0.2) is 29.3 Å². The van der Waals surface area contributed by atoms with E-state index in [4.69, 9.17) is 15.2 Å². The van der Waals surface area contributed by atoms with Crippen molar-refractivity contribution in [3.05, 3.63) is 35.4 Å². The van der Waals surface area contributed by atoms with Crippen molar-refractivity contribution in [1.29, 1.82) is 0 Å². The van der Waals surface area contributed by atoms with Crippen molar-refractivity contribution in [2.45, 2.75) is 25.9 Å². The van der Waals surface area contributed by atoms with Crippen LogP contribution in [0.3, 0.4) is 0 Å². The summed E-state index contributed by atoms with van der Waals surface area (Å²) in [6, 6.07) is 9.01. The van der Waals surface area contributed by atoms with Gasteiger partial charge in [-0.3, -0.25) is 9.89 Å². The average Bonchev–Trinajstić information content (AvgIpc) is 2.57. The molecule has 1 aliphatic rings.